The summed E-state index contributed by atoms with van der Waals surface area (Å²) in [5.74, 6) is -0.0599. The molecule has 0 saturated heterocycles. The van der Waals surface area contributed by atoms with Crippen LogP contribution in [0, 0.1) is 6.92 Å². The Bertz CT molecular complexity index is 806. The molecule has 0 spiro atoms. The molecule has 2 N–H and O–H groups in total. The Morgan fingerprint density at radius 3 is 2.61 bits per heavy atom. The number of amides is 1. The summed E-state index contributed by atoms with van der Waals surface area (Å²) in [4.78, 5) is 15.4. The Morgan fingerprint density at radius 1 is 1.25 bits per heavy atom. The molecule has 4 nitrogen and oxygen atoms in total. The van der Waals surface area contributed by atoms with Crippen molar-refractivity contribution in [1.82, 2.24) is 10.6 Å². The monoisotopic (exact) mass is 401 g/mol. The summed E-state index contributed by atoms with van der Waals surface area (Å²) in [6.45, 7) is 10.6. The first-order valence-corrected chi connectivity index (χ1v) is 10.7. The fourth-order valence-corrected chi connectivity index (χ4v) is 4.60. The number of dihydropyridines is 1. The van der Waals surface area contributed by atoms with Gasteiger partial charge >= 0.3 is 0 Å². The van der Waals surface area contributed by atoms with Crippen molar-refractivity contribution in [3.8, 4) is 0 Å². The number of benzene rings is 1. The lowest BCUT2D eigenvalue weighted by Crippen LogP contribution is -2.35. The summed E-state index contributed by atoms with van der Waals surface area (Å²) in [5.41, 5.74) is 6.37. The van der Waals surface area contributed by atoms with Crippen LogP contribution in [-0.2, 0) is 0 Å². The van der Waals surface area contributed by atoms with Crippen molar-refractivity contribution in [3.05, 3.63) is 51.2 Å². The van der Waals surface area contributed by atoms with Gasteiger partial charge < -0.3 is 15.5 Å². The van der Waals surface area contributed by atoms with Crippen LogP contribution in [0.2, 0.25) is 5.02 Å². The van der Waals surface area contributed by atoms with Gasteiger partial charge in [-0.15, -0.1) is 0 Å². The number of nitrogens with one attached hydrogen (secondary N) is 2. The molecule has 0 bridgehead atoms. The maximum absolute atomic E-state index is 13.0. The van der Waals surface area contributed by atoms with Gasteiger partial charge in [-0.25, -0.2) is 0 Å². The van der Waals surface area contributed by atoms with E-state index in [0.29, 0.717) is 23.2 Å². The number of carbonyl (C=O) groups is 1. The standard InChI is InChI=1S/C23H32ClN3O/c1-5-27(20-8-6-7-9-20)22-12-19(24)11-21(17(22)4)23(28)26-14-18-13-25-16(3)10-15(18)2/h10-12,20,25H,5-9,13-14H2,1-4H3,(H,26,28). The predicted octanol–water partition coefficient (Wildman–Crippen LogP) is 4.97. The number of anilines is 1. The minimum atomic E-state index is -0.0599. The van der Waals surface area contributed by atoms with E-state index in [0.717, 1.165) is 30.0 Å². The van der Waals surface area contributed by atoms with Crippen LogP contribution in [0.25, 0.3) is 0 Å². The van der Waals surface area contributed by atoms with Crippen LogP contribution in [0.3, 0.4) is 0 Å². The van der Waals surface area contributed by atoms with Gasteiger partial charge in [0.05, 0.1) is 0 Å². The zero-order valence-electron chi connectivity index (χ0n) is 17.5. The molecular formula is C23H32ClN3O. The summed E-state index contributed by atoms with van der Waals surface area (Å²) in [6, 6.07) is 4.36. The molecule has 1 amide bonds. The fraction of sp³-hybridized carbons (Fsp3) is 0.522. The van der Waals surface area contributed by atoms with E-state index in [1.165, 1.54) is 36.8 Å². The Labute approximate surface area is 174 Å². The Morgan fingerprint density at radius 2 is 1.96 bits per heavy atom. The van der Waals surface area contributed by atoms with E-state index in [1.54, 1.807) is 6.07 Å². The van der Waals surface area contributed by atoms with Gasteiger partial charge in [-0.1, -0.05) is 24.4 Å². The molecule has 0 atom stereocenters. The smallest absolute Gasteiger partial charge is 0.251 e. The molecule has 28 heavy (non-hydrogen) atoms. The van der Waals surface area contributed by atoms with Crippen LogP contribution in [0.1, 0.15) is 62.4 Å². The molecule has 0 unspecified atom stereocenters. The molecule has 1 aliphatic heterocycles. The second kappa shape index (κ2) is 9.04. The van der Waals surface area contributed by atoms with Crippen LogP contribution in [-0.4, -0.2) is 31.6 Å². The third-order valence-corrected chi connectivity index (χ3v) is 6.26. The average Bonchev–Trinajstić information content (AvgIpc) is 3.18. The molecule has 0 aromatic heterocycles. The molecule has 3 rings (SSSR count). The number of nitrogens with zero attached hydrogens (tertiary/aromatic N) is 1. The lowest BCUT2D eigenvalue weighted by atomic mass is 10.0. The number of rotatable bonds is 6. The van der Waals surface area contributed by atoms with Crippen molar-refractivity contribution in [3.63, 3.8) is 0 Å². The van der Waals surface area contributed by atoms with E-state index in [2.05, 4.69) is 42.4 Å². The molecule has 1 aliphatic carbocycles. The van der Waals surface area contributed by atoms with Crippen LogP contribution >= 0.6 is 11.6 Å². The molecule has 1 fully saturated rings. The predicted molar refractivity (Wildman–Crippen MR) is 118 cm³/mol. The van der Waals surface area contributed by atoms with Gasteiger partial charge in [0.15, 0.2) is 0 Å². The van der Waals surface area contributed by atoms with Gasteiger partial charge in [-0.05, 0) is 75.5 Å². The van der Waals surface area contributed by atoms with Crippen molar-refractivity contribution >= 4 is 23.2 Å². The summed E-state index contributed by atoms with van der Waals surface area (Å²) in [7, 11) is 0. The number of carbonyl (C=O) groups excluding carboxylic acids is 1. The topological polar surface area (TPSA) is 44.4 Å². The third kappa shape index (κ3) is 4.54. The van der Waals surface area contributed by atoms with Gasteiger partial charge in [0.25, 0.3) is 5.91 Å². The lowest BCUT2D eigenvalue weighted by molar-refractivity contribution is 0.0956. The highest BCUT2D eigenvalue weighted by Crippen LogP contribution is 2.33. The van der Waals surface area contributed by atoms with Crippen molar-refractivity contribution in [2.75, 3.05) is 24.5 Å². The van der Waals surface area contributed by atoms with Gasteiger partial charge in [0, 0.05) is 47.6 Å². The highest BCUT2D eigenvalue weighted by molar-refractivity contribution is 6.31. The summed E-state index contributed by atoms with van der Waals surface area (Å²) < 4.78 is 0. The maximum atomic E-state index is 13.0. The van der Waals surface area contributed by atoms with Crippen LogP contribution in [0.15, 0.2) is 35.1 Å². The van der Waals surface area contributed by atoms with E-state index < -0.39 is 0 Å². The van der Waals surface area contributed by atoms with Gasteiger partial charge in [0.1, 0.15) is 0 Å². The summed E-state index contributed by atoms with van der Waals surface area (Å²) in [5, 5.41) is 7.05. The second-order valence-electron chi connectivity index (χ2n) is 7.97. The molecule has 1 aromatic rings. The maximum Gasteiger partial charge on any atom is 0.251 e. The zero-order valence-corrected chi connectivity index (χ0v) is 18.2. The van der Waals surface area contributed by atoms with E-state index >= 15 is 0 Å². The molecule has 1 aromatic carbocycles. The quantitative estimate of drug-likeness (QED) is 0.707. The van der Waals surface area contributed by atoms with Crippen molar-refractivity contribution in [2.24, 2.45) is 0 Å². The SMILES string of the molecule is CCN(c1cc(Cl)cc(C(=O)NCC2=C(C)C=C(C)NC2)c1C)C1CCCC1. The van der Waals surface area contributed by atoms with Crippen molar-refractivity contribution < 1.29 is 4.79 Å². The van der Waals surface area contributed by atoms with Crippen molar-refractivity contribution in [2.45, 2.75) is 59.4 Å². The molecule has 1 saturated carbocycles. The van der Waals surface area contributed by atoms with Crippen LogP contribution in [0.5, 0.6) is 0 Å². The van der Waals surface area contributed by atoms with Gasteiger partial charge in [-0.2, -0.15) is 0 Å². The number of hydrogen-bond donors (Lipinski definition) is 2. The largest absolute Gasteiger partial charge is 0.385 e. The Hall–Kier alpha value is -1.94. The third-order valence-electron chi connectivity index (χ3n) is 6.04. The number of hydrogen-bond acceptors (Lipinski definition) is 3. The lowest BCUT2D eigenvalue weighted by Gasteiger charge is -2.32. The first-order valence-electron chi connectivity index (χ1n) is 10.4. The zero-order chi connectivity index (χ0) is 20.3. The van der Waals surface area contributed by atoms with Crippen molar-refractivity contribution in [1.29, 1.82) is 0 Å². The number of allylic oxidation sites excluding steroid dienone is 3. The average molecular weight is 402 g/mol. The van der Waals surface area contributed by atoms with E-state index in [1.807, 2.05) is 13.0 Å². The van der Waals surface area contributed by atoms with E-state index in [4.69, 9.17) is 11.6 Å². The molecule has 1 heterocycles. The highest BCUT2D eigenvalue weighted by Gasteiger charge is 2.25. The first-order chi connectivity index (χ1) is 13.4. The normalized spacial score (nSPS) is 17.4. The van der Waals surface area contributed by atoms with Gasteiger partial charge in [0.2, 0.25) is 0 Å². The molecule has 2 aliphatic rings. The van der Waals surface area contributed by atoms with Crippen LogP contribution in [0.4, 0.5) is 5.69 Å². The minimum Gasteiger partial charge on any atom is -0.385 e. The summed E-state index contributed by atoms with van der Waals surface area (Å²) >= 11 is 6.43. The van der Waals surface area contributed by atoms with E-state index in [-0.39, 0.29) is 5.91 Å². The molecule has 5 heteroatoms. The first kappa shape index (κ1) is 20.8. The van der Waals surface area contributed by atoms with Crippen LogP contribution < -0.4 is 15.5 Å². The highest BCUT2D eigenvalue weighted by atomic mass is 35.5. The second-order valence-corrected chi connectivity index (χ2v) is 8.41. The fourth-order valence-electron chi connectivity index (χ4n) is 4.39. The Kier molecular flexibility index (Phi) is 6.71. The van der Waals surface area contributed by atoms with E-state index in [9.17, 15) is 4.79 Å². The summed E-state index contributed by atoms with van der Waals surface area (Å²) in [6.07, 6.45) is 7.12. The number of halogens is 1. The van der Waals surface area contributed by atoms with Gasteiger partial charge in [-0.3, -0.25) is 4.79 Å². The molecular weight excluding hydrogens is 370 g/mol. The Balaban J connectivity index is 1.80. The molecule has 0 radical (unpaired) electrons. The minimum absolute atomic E-state index is 0.0599. The molecule has 152 valence electrons.